The fourth-order valence-electron chi connectivity index (χ4n) is 4.32. The molecular formula is C26H24FN3O2. The molecule has 1 amide bonds. The Hall–Kier alpha value is -3.67. The number of fused-ring (bicyclic) bond motifs is 1. The summed E-state index contributed by atoms with van der Waals surface area (Å²) >= 11 is 0. The van der Waals surface area contributed by atoms with Crippen molar-refractivity contribution in [1.82, 2.24) is 14.5 Å². The molecule has 32 heavy (non-hydrogen) atoms. The van der Waals surface area contributed by atoms with Gasteiger partial charge >= 0.3 is 0 Å². The summed E-state index contributed by atoms with van der Waals surface area (Å²) in [5.41, 5.74) is 2.89. The summed E-state index contributed by atoms with van der Waals surface area (Å²) in [6.07, 6.45) is 0.421. The van der Waals surface area contributed by atoms with Gasteiger partial charge in [0.2, 0.25) is 5.91 Å². The van der Waals surface area contributed by atoms with Gasteiger partial charge in [0.1, 0.15) is 24.0 Å². The van der Waals surface area contributed by atoms with E-state index in [9.17, 15) is 9.18 Å². The molecule has 5 nitrogen and oxygen atoms in total. The molecule has 0 bridgehead atoms. The number of nitrogens with zero attached hydrogens (tertiary/aromatic N) is 3. The van der Waals surface area contributed by atoms with Gasteiger partial charge in [-0.25, -0.2) is 9.37 Å². The van der Waals surface area contributed by atoms with Crippen LogP contribution in [0.15, 0.2) is 78.9 Å². The molecule has 0 N–H and O–H groups in total. The predicted octanol–water partition coefficient (Wildman–Crippen LogP) is 4.77. The molecule has 0 radical (unpaired) electrons. The Kier molecular flexibility index (Phi) is 5.58. The van der Waals surface area contributed by atoms with Crippen LogP contribution in [0.25, 0.3) is 11.0 Å². The Morgan fingerprint density at radius 3 is 2.53 bits per heavy atom. The number of para-hydroxylation sites is 3. The summed E-state index contributed by atoms with van der Waals surface area (Å²) < 4.78 is 21.3. The third-order valence-electron chi connectivity index (χ3n) is 5.88. The SMILES string of the molecule is O=C1C[C@H](c2nc3ccccc3n2CCOc2ccccc2)CN1Cc1ccc(F)cc1. The first-order chi connectivity index (χ1) is 15.7. The molecule has 0 unspecified atom stereocenters. The smallest absolute Gasteiger partial charge is 0.223 e. The number of ether oxygens (including phenoxy) is 1. The minimum Gasteiger partial charge on any atom is -0.492 e. The highest BCUT2D eigenvalue weighted by molar-refractivity contribution is 5.81. The zero-order valence-corrected chi connectivity index (χ0v) is 17.7. The van der Waals surface area contributed by atoms with Crippen LogP contribution in [0.4, 0.5) is 4.39 Å². The molecule has 0 saturated carbocycles. The number of imidazole rings is 1. The fourth-order valence-corrected chi connectivity index (χ4v) is 4.32. The second kappa shape index (κ2) is 8.83. The van der Waals surface area contributed by atoms with Crippen molar-refractivity contribution in [3.05, 3.63) is 96.1 Å². The first-order valence-corrected chi connectivity index (χ1v) is 10.8. The van der Waals surface area contributed by atoms with Crippen molar-refractivity contribution < 1.29 is 13.9 Å². The number of likely N-dealkylation sites (tertiary alicyclic amines) is 1. The highest BCUT2D eigenvalue weighted by atomic mass is 19.1. The van der Waals surface area contributed by atoms with Gasteiger partial charge in [-0.2, -0.15) is 0 Å². The monoisotopic (exact) mass is 429 g/mol. The number of hydrogen-bond acceptors (Lipinski definition) is 3. The molecule has 1 atom stereocenters. The van der Waals surface area contributed by atoms with Crippen molar-refractivity contribution in [3.8, 4) is 5.75 Å². The molecule has 162 valence electrons. The number of benzene rings is 3. The zero-order valence-electron chi connectivity index (χ0n) is 17.7. The topological polar surface area (TPSA) is 47.4 Å². The van der Waals surface area contributed by atoms with E-state index in [1.165, 1.54) is 12.1 Å². The number of rotatable bonds is 7. The van der Waals surface area contributed by atoms with Crippen LogP contribution in [0, 0.1) is 5.82 Å². The van der Waals surface area contributed by atoms with E-state index in [0.717, 1.165) is 28.2 Å². The summed E-state index contributed by atoms with van der Waals surface area (Å²) in [5.74, 6) is 1.58. The molecule has 1 saturated heterocycles. The number of carbonyl (C=O) groups is 1. The van der Waals surface area contributed by atoms with Gasteiger partial charge < -0.3 is 14.2 Å². The number of amides is 1. The van der Waals surface area contributed by atoms with Crippen molar-refractivity contribution in [2.75, 3.05) is 13.2 Å². The van der Waals surface area contributed by atoms with Crippen LogP contribution in [0.3, 0.4) is 0 Å². The molecule has 1 aliphatic rings. The summed E-state index contributed by atoms with van der Waals surface area (Å²) in [6, 6.07) is 24.1. The van der Waals surface area contributed by atoms with Gasteiger partial charge in [-0.3, -0.25) is 4.79 Å². The van der Waals surface area contributed by atoms with Crippen LogP contribution < -0.4 is 4.74 Å². The Labute approximate surface area is 186 Å². The van der Waals surface area contributed by atoms with Gasteiger partial charge in [-0.15, -0.1) is 0 Å². The number of hydrogen-bond donors (Lipinski definition) is 0. The van der Waals surface area contributed by atoms with E-state index in [0.29, 0.717) is 32.7 Å². The van der Waals surface area contributed by atoms with E-state index in [-0.39, 0.29) is 17.6 Å². The summed E-state index contributed by atoms with van der Waals surface area (Å²) in [7, 11) is 0. The molecule has 0 aliphatic carbocycles. The summed E-state index contributed by atoms with van der Waals surface area (Å²) in [4.78, 5) is 19.5. The van der Waals surface area contributed by atoms with Gasteiger partial charge in [-0.1, -0.05) is 42.5 Å². The van der Waals surface area contributed by atoms with E-state index in [1.54, 1.807) is 12.1 Å². The average molecular weight is 429 g/mol. The number of carbonyl (C=O) groups excluding carboxylic acids is 1. The van der Waals surface area contributed by atoms with Crippen molar-refractivity contribution >= 4 is 16.9 Å². The Balaban J connectivity index is 1.35. The van der Waals surface area contributed by atoms with E-state index < -0.39 is 0 Å². The highest BCUT2D eigenvalue weighted by Crippen LogP contribution is 2.31. The van der Waals surface area contributed by atoms with Gasteiger partial charge in [0, 0.05) is 25.4 Å². The van der Waals surface area contributed by atoms with Crippen LogP contribution in [0.5, 0.6) is 5.75 Å². The second-order valence-corrected chi connectivity index (χ2v) is 8.07. The molecule has 6 heteroatoms. The van der Waals surface area contributed by atoms with Crippen LogP contribution >= 0.6 is 0 Å². The van der Waals surface area contributed by atoms with Gasteiger partial charge in [0.25, 0.3) is 0 Å². The van der Waals surface area contributed by atoms with E-state index in [1.807, 2.05) is 53.4 Å². The van der Waals surface area contributed by atoms with Gasteiger partial charge in [0.15, 0.2) is 0 Å². The highest BCUT2D eigenvalue weighted by Gasteiger charge is 2.34. The zero-order chi connectivity index (χ0) is 21.9. The normalized spacial score (nSPS) is 16.1. The number of aromatic nitrogens is 2. The second-order valence-electron chi connectivity index (χ2n) is 8.07. The van der Waals surface area contributed by atoms with Crippen LogP contribution in [-0.2, 0) is 17.9 Å². The fraction of sp³-hybridized carbons (Fsp3) is 0.231. The molecule has 3 aromatic carbocycles. The standard InChI is InChI=1S/C26H24FN3O2/c27-21-12-10-19(11-13-21)17-29-18-20(16-25(29)31)26-28-23-8-4-5-9-24(23)30(26)14-15-32-22-6-2-1-3-7-22/h1-13,20H,14-18H2/t20-/m0/s1. The summed E-state index contributed by atoms with van der Waals surface area (Å²) in [6.45, 7) is 2.23. The van der Waals surface area contributed by atoms with Crippen LogP contribution in [0.1, 0.15) is 23.7 Å². The lowest BCUT2D eigenvalue weighted by atomic mass is 10.1. The Morgan fingerprint density at radius 1 is 0.969 bits per heavy atom. The van der Waals surface area contributed by atoms with Crippen LogP contribution in [-0.4, -0.2) is 33.5 Å². The maximum Gasteiger partial charge on any atom is 0.223 e. The third kappa shape index (κ3) is 4.21. The largest absolute Gasteiger partial charge is 0.492 e. The van der Waals surface area contributed by atoms with Crippen LogP contribution in [0.2, 0.25) is 0 Å². The van der Waals surface area contributed by atoms with Crippen molar-refractivity contribution in [3.63, 3.8) is 0 Å². The molecule has 5 rings (SSSR count). The lowest BCUT2D eigenvalue weighted by molar-refractivity contribution is -0.128. The van der Waals surface area contributed by atoms with Crippen molar-refractivity contribution in [2.24, 2.45) is 0 Å². The third-order valence-corrected chi connectivity index (χ3v) is 5.88. The molecule has 1 fully saturated rings. The molecule has 1 aromatic heterocycles. The lowest BCUT2D eigenvalue weighted by Gasteiger charge is -2.17. The molecule has 2 heterocycles. The van der Waals surface area contributed by atoms with E-state index in [2.05, 4.69) is 10.6 Å². The first-order valence-electron chi connectivity index (χ1n) is 10.8. The maximum absolute atomic E-state index is 13.2. The molecular weight excluding hydrogens is 405 g/mol. The predicted molar refractivity (Wildman–Crippen MR) is 121 cm³/mol. The van der Waals surface area contributed by atoms with Gasteiger partial charge in [0.05, 0.1) is 17.6 Å². The maximum atomic E-state index is 13.2. The minimum absolute atomic E-state index is 0.00655. The molecule has 4 aromatic rings. The quantitative estimate of drug-likeness (QED) is 0.425. The van der Waals surface area contributed by atoms with Gasteiger partial charge in [-0.05, 0) is 42.0 Å². The summed E-state index contributed by atoms with van der Waals surface area (Å²) in [5, 5.41) is 0. The first kappa shape index (κ1) is 20.2. The minimum atomic E-state index is -0.272. The average Bonchev–Trinajstić information content (AvgIpc) is 3.36. The van der Waals surface area contributed by atoms with Crippen molar-refractivity contribution in [1.29, 1.82) is 0 Å². The Bertz CT molecular complexity index is 1220. The molecule has 1 aliphatic heterocycles. The van der Waals surface area contributed by atoms with E-state index in [4.69, 9.17) is 9.72 Å². The van der Waals surface area contributed by atoms with E-state index >= 15 is 0 Å². The number of halogens is 1. The van der Waals surface area contributed by atoms with Crippen molar-refractivity contribution in [2.45, 2.75) is 25.4 Å². The lowest BCUT2D eigenvalue weighted by Crippen LogP contribution is -2.24. The molecule has 0 spiro atoms. The Morgan fingerprint density at radius 2 is 1.72 bits per heavy atom.